The molecule has 0 N–H and O–H groups in total. The molecule has 3 heteroatoms. The molecule has 0 aromatic heterocycles. The van der Waals surface area contributed by atoms with Gasteiger partial charge in [-0.1, -0.05) is 84.9 Å². The van der Waals surface area contributed by atoms with Gasteiger partial charge in [0.2, 0.25) is 0 Å². The Morgan fingerprint density at radius 3 is 1.04 bits per heavy atom. The largest absolute Gasteiger partial charge is 1.00 e. The normalized spacial score (nSPS) is 10.4. The van der Waals surface area contributed by atoms with E-state index in [1.54, 1.807) is 0 Å². The summed E-state index contributed by atoms with van der Waals surface area (Å²) in [5, 5.41) is 4.30. The Morgan fingerprint density at radius 1 is 0.429 bits per heavy atom. The summed E-state index contributed by atoms with van der Waals surface area (Å²) in [6.45, 7) is 0. The monoisotopic (exact) mass is 422 g/mol. The minimum atomic E-state index is -1.78. The molecule has 0 bridgehead atoms. The maximum Gasteiger partial charge on any atom is 0.116 e. The molecule has 142 valence electrons. The van der Waals surface area contributed by atoms with Crippen molar-refractivity contribution < 1.29 is 12.4 Å². The lowest BCUT2D eigenvalue weighted by Gasteiger charge is -2.27. The van der Waals surface area contributed by atoms with Crippen molar-refractivity contribution >= 4 is 36.7 Å². The third kappa shape index (κ3) is 4.50. The molecule has 0 spiro atoms. The Labute approximate surface area is 181 Å². The second-order valence-electron chi connectivity index (χ2n) is 6.46. The van der Waals surface area contributed by atoms with Crippen LogP contribution in [0.25, 0.3) is 0 Å². The molecule has 0 nitrogen and oxygen atoms in total. The molecule has 0 amide bonds. The van der Waals surface area contributed by atoms with Crippen LogP contribution in [-0.4, -0.2) is 0 Å². The van der Waals surface area contributed by atoms with Crippen LogP contribution in [0.3, 0.4) is 0 Å². The van der Waals surface area contributed by atoms with Crippen molar-refractivity contribution in [1.29, 1.82) is 0 Å². The lowest BCUT2D eigenvalue weighted by atomic mass is 10.2. The fourth-order valence-corrected chi connectivity index (χ4v) is 7.87. The Morgan fingerprint density at radius 2 is 0.714 bits per heavy atom. The number of hydrogen-bond acceptors (Lipinski definition) is 0. The summed E-state index contributed by atoms with van der Waals surface area (Å²) in [7, 11) is -1.78. The molecule has 0 fully saturated rings. The standard InChI is InChI=1S/C25H22P.ClH.H2S/c1-5-13-22(14-6-1)21-26(23-15-7-2-8-16-23,24-17-9-3-10-18-24)25-19-11-4-12-20-25;;/h1-20H,21H2;1H;1H2/q+1;;/p-1. The predicted molar refractivity (Wildman–Crippen MR) is 126 cm³/mol. The van der Waals surface area contributed by atoms with Crippen molar-refractivity contribution in [1.82, 2.24) is 0 Å². The molecule has 0 heterocycles. The van der Waals surface area contributed by atoms with Gasteiger partial charge in [0.15, 0.2) is 0 Å². The summed E-state index contributed by atoms with van der Waals surface area (Å²) < 4.78 is 0. The van der Waals surface area contributed by atoms with Crippen LogP contribution in [0.15, 0.2) is 121 Å². The molecule has 0 aliphatic carbocycles. The van der Waals surface area contributed by atoms with Crippen LogP contribution in [-0.2, 0) is 6.16 Å². The van der Waals surface area contributed by atoms with E-state index < -0.39 is 7.26 Å². The van der Waals surface area contributed by atoms with Crippen molar-refractivity contribution in [2.24, 2.45) is 0 Å². The molecular weight excluding hydrogens is 399 g/mol. The summed E-state index contributed by atoms with van der Waals surface area (Å²) >= 11 is 0. The van der Waals surface area contributed by atoms with E-state index in [1.807, 2.05) is 0 Å². The molecule has 4 rings (SSSR count). The molecule has 0 atom stereocenters. The SMILES string of the molecule is S.[Cl-].c1ccc(C[P+](c2ccccc2)(c2ccccc2)c2ccccc2)cc1. The average Bonchev–Trinajstić information content (AvgIpc) is 2.75. The van der Waals surface area contributed by atoms with Crippen molar-refractivity contribution in [3.63, 3.8) is 0 Å². The van der Waals surface area contributed by atoms with Gasteiger partial charge in [0, 0.05) is 0 Å². The van der Waals surface area contributed by atoms with Crippen LogP contribution in [0.4, 0.5) is 0 Å². The lowest BCUT2D eigenvalue weighted by Crippen LogP contribution is -3.00. The quantitative estimate of drug-likeness (QED) is 0.433. The van der Waals surface area contributed by atoms with Crippen LogP contribution in [0.1, 0.15) is 5.56 Å². The summed E-state index contributed by atoms with van der Waals surface area (Å²) in [6, 6.07) is 44.0. The van der Waals surface area contributed by atoms with E-state index in [0.29, 0.717) is 0 Å². The fourth-order valence-electron chi connectivity index (χ4n) is 3.63. The summed E-state index contributed by atoms with van der Waals surface area (Å²) in [5.74, 6) is 0. The van der Waals surface area contributed by atoms with Crippen LogP contribution in [0, 0.1) is 0 Å². The van der Waals surface area contributed by atoms with Gasteiger partial charge in [-0.2, -0.15) is 13.5 Å². The Balaban J connectivity index is 0.00000140. The molecule has 0 aliphatic rings. The maximum absolute atomic E-state index is 2.30. The van der Waals surface area contributed by atoms with E-state index in [-0.39, 0.29) is 25.9 Å². The first-order valence-corrected chi connectivity index (χ1v) is 11.0. The van der Waals surface area contributed by atoms with E-state index in [1.165, 1.54) is 21.5 Å². The first-order valence-electron chi connectivity index (χ1n) is 8.98. The second kappa shape index (κ2) is 10.5. The number of rotatable bonds is 5. The molecule has 0 unspecified atom stereocenters. The van der Waals surface area contributed by atoms with Gasteiger partial charge in [0.05, 0.1) is 6.16 Å². The summed E-state index contributed by atoms with van der Waals surface area (Å²) in [5.41, 5.74) is 1.39. The highest BCUT2D eigenvalue weighted by molar-refractivity contribution is 7.95. The van der Waals surface area contributed by atoms with Crippen molar-refractivity contribution in [2.45, 2.75) is 6.16 Å². The van der Waals surface area contributed by atoms with E-state index in [0.717, 1.165) is 6.16 Å². The van der Waals surface area contributed by atoms with Crippen molar-refractivity contribution in [3.05, 3.63) is 127 Å². The summed E-state index contributed by atoms with van der Waals surface area (Å²) in [6.07, 6.45) is 1.03. The molecule has 0 saturated carbocycles. The van der Waals surface area contributed by atoms with Crippen LogP contribution < -0.4 is 28.3 Å². The highest BCUT2D eigenvalue weighted by Crippen LogP contribution is 2.58. The summed E-state index contributed by atoms with van der Waals surface area (Å²) in [4.78, 5) is 0. The first-order chi connectivity index (χ1) is 12.9. The molecule has 0 saturated heterocycles. The molecule has 4 aromatic rings. The van der Waals surface area contributed by atoms with E-state index in [2.05, 4.69) is 121 Å². The Kier molecular flexibility index (Phi) is 8.33. The highest BCUT2D eigenvalue weighted by Gasteiger charge is 2.45. The average molecular weight is 423 g/mol. The van der Waals surface area contributed by atoms with Gasteiger partial charge >= 0.3 is 0 Å². The predicted octanol–water partition coefficient (Wildman–Crippen LogP) is 2.30. The van der Waals surface area contributed by atoms with Crippen LogP contribution >= 0.6 is 20.8 Å². The minimum Gasteiger partial charge on any atom is -1.00 e. The van der Waals surface area contributed by atoms with Gasteiger partial charge in [0.25, 0.3) is 0 Å². The fraction of sp³-hybridized carbons (Fsp3) is 0.0400. The highest BCUT2D eigenvalue weighted by atomic mass is 35.5. The Hall–Kier alpha value is -2.05. The molecular formula is C25H24ClPS. The van der Waals surface area contributed by atoms with Gasteiger partial charge in [-0.25, -0.2) is 0 Å². The molecule has 4 aromatic carbocycles. The second-order valence-corrected chi connectivity index (χ2v) is 9.95. The zero-order valence-corrected chi connectivity index (χ0v) is 18.2. The van der Waals surface area contributed by atoms with Crippen molar-refractivity contribution in [3.8, 4) is 0 Å². The lowest BCUT2D eigenvalue weighted by molar-refractivity contribution is -0.00000516. The van der Waals surface area contributed by atoms with Gasteiger partial charge in [-0.05, 0) is 42.0 Å². The minimum absolute atomic E-state index is 0. The third-order valence-electron chi connectivity index (χ3n) is 4.85. The van der Waals surface area contributed by atoms with Crippen molar-refractivity contribution in [2.75, 3.05) is 0 Å². The van der Waals surface area contributed by atoms with Crippen LogP contribution in [0.5, 0.6) is 0 Å². The number of halogens is 1. The molecule has 0 aliphatic heterocycles. The van der Waals surface area contributed by atoms with Gasteiger partial charge < -0.3 is 12.4 Å². The number of benzene rings is 4. The third-order valence-corrected chi connectivity index (χ3v) is 9.23. The van der Waals surface area contributed by atoms with Crippen LogP contribution in [0.2, 0.25) is 0 Å². The van der Waals surface area contributed by atoms with E-state index in [4.69, 9.17) is 0 Å². The molecule has 28 heavy (non-hydrogen) atoms. The van der Waals surface area contributed by atoms with Gasteiger partial charge in [0.1, 0.15) is 23.2 Å². The molecule has 0 radical (unpaired) electrons. The van der Waals surface area contributed by atoms with E-state index in [9.17, 15) is 0 Å². The topological polar surface area (TPSA) is 0 Å². The zero-order valence-electron chi connectivity index (χ0n) is 15.6. The first kappa shape index (κ1) is 22.2. The smallest absolute Gasteiger partial charge is 0.116 e. The Bertz CT molecular complexity index is 848. The van der Waals surface area contributed by atoms with E-state index >= 15 is 0 Å². The van der Waals surface area contributed by atoms with Gasteiger partial charge in [-0.15, -0.1) is 0 Å². The maximum atomic E-state index is 2.30. The number of hydrogen-bond donors (Lipinski definition) is 0. The van der Waals surface area contributed by atoms with Gasteiger partial charge in [-0.3, -0.25) is 0 Å². The zero-order chi connectivity index (χ0) is 17.7.